The summed E-state index contributed by atoms with van der Waals surface area (Å²) in [4.78, 5) is 2.40. The molecule has 0 aliphatic heterocycles. The molecule has 0 saturated heterocycles. The summed E-state index contributed by atoms with van der Waals surface area (Å²) in [5.74, 6) is 0. The summed E-state index contributed by atoms with van der Waals surface area (Å²) in [6.07, 6.45) is 2.29. The Hall–Kier alpha value is -0.570. The van der Waals surface area contributed by atoms with Crippen LogP contribution in [0.1, 0.15) is 45.2 Å². The van der Waals surface area contributed by atoms with Gasteiger partial charge in [0, 0.05) is 30.2 Å². The molecule has 0 aliphatic rings. The molecule has 1 rings (SSSR count). The van der Waals surface area contributed by atoms with Gasteiger partial charge in [0.25, 0.3) is 0 Å². The normalized spacial score (nSPS) is 14.6. The van der Waals surface area contributed by atoms with Crippen LogP contribution >= 0.6 is 11.6 Å². The van der Waals surface area contributed by atoms with E-state index in [-0.39, 0.29) is 0 Å². The van der Waals surface area contributed by atoms with Crippen molar-refractivity contribution >= 4 is 11.6 Å². The monoisotopic (exact) mass is 282 g/mol. The van der Waals surface area contributed by atoms with Gasteiger partial charge >= 0.3 is 0 Å². The minimum absolute atomic E-state index is 0.419. The fraction of sp³-hybridized carbons (Fsp3) is 0.625. The molecule has 2 nitrogen and oxygen atoms in total. The number of halogens is 1. The van der Waals surface area contributed by atoms with Crippen molar-refractivity contribution in [1.29, 1.82) is 0 Å². The number of hydrogen-bond acceptors (Lipinski definition) is 2. The van der Waals surface area contributed by atoms with Crippen molar-refractivity contribution in [2.24, 2.45) is 0 Å². The summed E-state index contributed by atoms with van der Waals surface area (Å²) in [7, 11) is 2.19. The number of nitrogens with one attached hydrogen (secondary N) is 1. The third-order valence-corrected chi connectivity index (χ3v) is 4.13. The van der Waals surface area contributed by atoms with Gasteiger partial charge in [0.1, 0.15) is 0 Å². The lowest BCUT2D eigenvalue weighted by atomic mass is 10.0. The molecule has 1 aromatic rings. The Bertz CT molecular complexity index is 350. The highest BCUT2D eigenvalue weighted by atomic mass is 35.5. The first-order valence-electron chi connectivity index (χ1n) is 7.27. The lowest BCUT2D eigenvalue weighted by Gasteiger charge is -2.25. The lowest BCUT2D eigenvalue weighted by Crippen LogP contribution is -2.36. The fourth-order valence-corrected chi connectivity index (χ4v) is 2.27. The molecule has 108 valence electrons. The topological polar surface area (TPSA) is 15.3 Å². The van der Waals surface area contributed by atoms with Crippen LogP contribution < -0.4 is 5.32 Å². The highest BCUT2D eigenvalue weighted by Gasteiger charge is 2.10. The van der Waals surface area contributed by atoms with Crippen molar-refractivity contribution in [3.63, 3.8) is 0 Å². The molecule has 0 saturated carbocycles. The van der Waals surface area contributed by atoms with Crippen LogP contribution in [0.15, 0.2) is 24.3 Å². The molecule has 2 unspecified atom stereocenters. The molecule has 0 amide bonds. The molecule has 2 atom stereocenters. The number of hydrogen-bond donors (Lipinski definition) is 1. The zero-order valence-electron chi connectivity index (χ0n) is 12.6. The van der Waals surface area contributed by atoms with Crippen molar-refractivity contribution < 1.29 is 0 Å². The summed E-state index contributed by atoms with van der Waals surface area (Å²) in [5, 5.41) is 4.43. The second-order valence-corrected chi connectivity index (χ2v) is 5.64. The zero-order chi connectivity index (χ0) is 14.3. The van der Waals surface area contributed by atoms with Gasteiger partial charge in [0.15, 0.2) is 0 Å². The third kappa shape index (κ3) is 5.52. The highest BCUT2D eigenvalue weighted by molar-refractivity contribution is 6.30. The van der Waals surface area contributed by atoms with Gasteiger partial charge in [-0.05, 0) is 44.5 Å². The van der Waals surface area contributed by atoms with Gasteiger partial charge in [-0.15, -0.1) is 0 Å². The van der Waals surface area contributed by atoms with Gasteiger partial charge in [-0.25, -0.2) is 0 Å². The zero-order valence-corrected chi connectivity index (χ0v) is 13.4. The van der Waals surface area contributed by atoms with Gasteiger partial charge in [0.05, 0.1) is 0 Å². The van der Waals surface area contributed by atoms with E-state index in [4.69, 9.17) is 11.6 Å². The third-order valence-electron chi connectivity index (χ3n) is 3.88. The Morgan fingerprint density at radius 1 is 1.16 bits per heavy atom. The highest BCUT2D eigenvalue weighted by Crippen LogP contribution is 2.18. The van der Waals surface area contributed by atoms with E-state index in [2.05, 4.69) is 50.2 Å². The van der Waals surface area contributed by atoms with Crippen LogP contribution in [-0.4, -0.2) is 31.1 Å². The van der Waals surface area contributed by atoms with Crippen molar-refractivity contribution in [2.75, 3.05) is 20.1 Å². The van der Waals surface area contributed by atoms with Crippen LogP contribution in [0.2, 0.25) is 5.02 Å². The van der Waals surface area contributed by atoms with Crippen molar-refractivity contribution in [1.82, 2.24) is 10.2 Å². The van der Waals surface area contributed by atoms with Crippen LogP contribution in [0.4, 0.5) is 0 Å². The second-order valence-electron chi connectivity index (χ2n) is 5.20. The Kier molecular flexibility index (Phi) is 7.44. The Labute approximate surface area is 123 Å². The molecule has 0 fully saturated rings. The number of likely N-dealkylation sites (N-methyl/N-ethyl adjacent to an activating group) is 1. The van der Waals surface area contributed by atoms with Gasteiger partial charge in [-0.2, -0.15) is 0 Å². The number of rotatable bonds is 8. The summed E-state index contributed by atoms with van der Waals surface area (Å²) in [6, 6.07) is 9.22. The number of benzene rings is 1. The average Bonchev–Trinajstić information content (AvgIpc) is 2.43. The van der Waals surface area contributed by atoms with Gasteiger partial charge in [-0.3, -0.25) is 0 Å². The van der Waals surface area contributed by atoms with Crippen LogP contribution in [0.3, 0.4) is 0 Å². The molecular weight excluding hydrogens is 256 g/mol. The van der Waals surface area contributed by atoms with Crippen LogP contribution in [-0.2, 0) is 0 Å². The Balaban J connectivity index is 2.43. The maximum atomic E-state index is 5.93. The predicted octanol–water partition coefficient (Wildman–Crippen LogP) is 4.11. The molecule has 1 aromatic carbocycles. The van der Waals surface area contributed by atoms with Gasteiger partial charge in [0.2, 0.25) is 0 Å². The first-order chi connectivity index (χ1) is 9.08. The van der Waals surface area contributed by atoms with E-state index in [1.165, 1.54) is 12.0 Å². The van der Waals surface area contributed by atoms with Crippen molar-refractivity contribution in [2.45, 2.75) is 45.7 Å². The fourth-order valence-electron chi connectivity index (χ4n) is 2.14. The molecule has 1 N–H and O–H groups in total. The summed E-state index contributed by atoms with van der Waals surface area (Å²) in [5.41, 5.74) is 1.32. The summed E-state index contributed by atoms with van der Waals surface area (Å²) in [6.45, 7) is 8.82. The maximum absolute atomic E-state index is 5.93. The van der Waals surface area contributed by atoms with E-state index in [0.717, 1.165) is 24.5 Å². The van der Waals surface area contributed by atoms with Crippen LogP contribution in [0, 0.1) is 0 Å². The molecule has 19 heavy (non-hydrogen) atoms. The largest absolute Gasteiger partial charge is 0.309 e. The minimum Gasteiger partial charge on any atom is -0.309 e. The van der Waals surface area contributed by atoms with Crippen LogP contribution in [0.5, 0.6) is 0 Å². The average molecular weight is 283 g/mol. The smallest absolute Gasteiger partial charge is 0.0406 e. The molecule has 0 heterocycles. The molecular formula is C16H27ClN2. The number of nitrogens with zero attached hydrogens (tertiary/aromatic N) is 1. The van der Waals surface area contributed by atoms with E-state index >= 15 is 0 Å². The minimum atomic E-state index is 0.419. The first kappa shape index (κ1) is 16.5. The molecule has 0 spiro atoms. The molecule has 3 heteroatoms. The Morgan fingerprint density at radius 2 is 1.79 bits per heavy atom. The Morgan fingerprint density at radius 3 is 2.32 bits per heavy atom. The van der Waals surface area contributed by atoms with Gasteiger partial charge < -0.3 is 10.2 Å². The molecule has 0 aliphatic carbocycles. The molecule has 0 bridgehead atoms. The van der Waals surface area contributed by atoms with Crippen molar-refractivity contribution in [3.05, 3.63) is 34.9 Å². The van der Waals surface area contributed by atoms with E-state index in [1.54, 1.807) is 0 Å². The quantitative estimate of drug-likeness (QED) is 0.772. The lowest BCUT2D eigenvalue weighted by molar-refractivity contribution is 0.248. The molecule has 0 aromatic heterocycles. The second kappa shape index (κ2) is 8.57. The summed E-state index contributed by atoms with van der Waals surface area (Å²) < 4.78 is 0. The van der Waals surface area contributed by atoms with E-state index in [0.29, 0.717) is 12.1 Å². The SMILES string of the molecule is CCC(NCCN(C)C(C)CC)c1ccc(Cl)cc1. The first-order valence-corrected chi connectivity index (χ1v) is 7.65. The summed E-state index contributed by atoms with van der Waals surface area (Å²) >= 11 is 5.93. The van der Waals surface area contributed by atoms with E-state index in [1.807, 2.05) is 12.1 Å². The van der Waals surface area contributed by atoms with Crippen LogP contribution in [0.25, 0.3) is 0 Å². The standard InChI is InChI=1S/C16H27ClN2/c1-5-13(3)19(4)12-11-18-16(6-2)14-7-9-15(17)10-8-14/h7-10,13,16,18H,5-6,11-12H2,1-4H3. The van der Waals surface area contributed by atoms with E-state index in [9.17, 15) is 0 Å². The predicted molar refractivity (Wildman–Crippen MR) is 84.9 cm³/mol. The van der Waals surface area contributed by atoms with E-state index < -0.39 is 0 Å². The maximum Gasteiger partial charge on any atom is 0.0406 e. The molecule has 0 radical (unpaired) electrons. The van der Waals surface area contributed by atoms with Crippen molar-refractivity contribution in [3.8, 4) is 0 Å². The van der Waals surface area contributed by atoms with Gasteiger partial charge in [-0.1, -0.05) is 37.6 Å².